The molecular weight excluding hydrogens is 232 g/mol. The van der Waals surface area contributed by atoms with Crippen molar-refractivity contribution in [3.8, 4) is 0 Å². The van der Waals surface area contributed by atoms with E-state index in [1.807, 2.05) is 11.6 Å². The monoisotopic (exact) mass is 248 g/mol. The fraction of sp³-hybridized carbons (Fsp3) is 0.636. The minimum Gasteiger partial charge on any atom is -0.340 e. The van der Waals surface area contributed by atoms with E-state index >= 15 is 0 Å². The maximum Gasteiger partial charge on any atom is 0.223 e. The molecule has 0 bridgehead atoms. The number of rotatable bonds is 4. The van der Waals surface area contributed by atoms with Gasteiger partial charge in [-0.15, -0.1) is 0 Å². The number of hydrogen-bond acceptors (Lipinski definition) is 6. The van der Waals surface area contributed by atoms with Crippen molar-refractivity contribution in [2.75, 3.05) is 13.1 Å². The van der Waals surface area contributed by atoms with Gasteiger partial charge in [-0.3, -0.25) is 9.58 Å². The van der Waals surface area contributed by atoms with Gasteiger partial charge in [-0.25, -0.2) is 4.98 Å². The van der Waals surface area contributed by atoms with Crippen molar-refractivity contribution in [1.82, 2.24) is 29.8 Å². The van der Waals surface area contributed by atoms with E-state index in [1.165, 1.54) is 6.42 Å². The molecule has 0 saturated carbocycles. The topological polar surface area (TPSA) is 72.9 Å². The van der Waals surface area contributed by atoms with Crippen LogP contribution in [-0.4, -0.2) is 42.9 Å². The smallest absolute Gasteiger partial charge is 0.223 e. The van der Waals surface area contributed by atoms with E-state index in [2.05, 4.69) is 25.1 Å². The molecule has 7 heteroatoms. The summed E-state index contributed by atoms with van der Waals surface area (Å²) >= 11 is 0. The average Bonchev–Trinajstić information content (AvgIpc) is 3.07. The van der Waals surface area contributed by atoms with Crippen LogP contribution in [0.2, 0.25) is 0 Å². The summed E-state index contributed by atoms with van der Waals surface area (Å²) in [6.45, 7) is 4.67. The van der Waals surface area contributed by atoms with Gasteiger partial charge >= 0.3 is 0 Å². The Labute approximate surface area is 105 Å². The van der Waals surface area contributed by atoms with Gasteiger partial charge in [-0.1, -0.05) is 5.16 Å². The van der Waals surface area contributed by atoms with Crippen LogP contribution in [0.4, 0.5) is 0 Å². The zero-order valence-corrected chi connectivity index (χ0v) is 10.4. The number of aromatic nitrogens is 5. The van der Waals surface area contributed by atoms with Gasteiger partial charge in [-0.2, -0.15) is 10.1 Å². The Morgan fingerprint density at radius 1 is 1.44 bits per heavy atom. The Hall–Kier alpha value is -1.76. The van der Waals surface area contributed by atoms with Gasteiger partial charge in [0.1, 0.15) is 12.7 Å². The van der Waals surface area contributed by atoms with Crippen LogP contribution in [0.15, 0.2) is 17.2 Å². The Morgan fingerprint density at radius 2 is 2.39 bits per heavy atom. The summed E-state index contributed by atoms with van der Waals surface area (Å²) in [7, 11) is 0. The number of aryl methyl sites for hydroxylation is 1. The molecule has 0 aromatic carbocycles. The maximum absolute atomic E-state index is 5.06. The largest absolute Gasteiger partial charge is 0.340 e. The first-order chi connectivity index (χ1) is 8.83. The number of likely N-dealkylation sites (tertiary alicyclic amines) is 1. The van der Waals surface area contributed by atoms with Crippen LogP contribution in [0.5, 0.6) is 0 Å². The van der Waals surface area contributed by atoms with Crippen molar-refractivity contribution in [3.05, 3.63) is 24.4 Å². The molecule has 1 aliphatic heterocycles. The van der Waals surface area contributed by atoms with Crippen LogP contribution in [0, 0.1) is 6.92 Å². The van der Waals surface area contributed by atoms with Crippen LogP contribution >= 0.6 is 0 Å². The molecule has 0 aliphatic carbocycles. The lowest BCUT2D eigenvalue weighted by molar-refractivity contribution is 0.230. The lowest BCUT2D eigenvalue weighted by Gasteiger charge is -2.21. The molecule has 1 aliphatic rings. The molecule has 1 saturated heterocycles. The summed E-state index contributed by atoms with van der Waals surface area (Å²) in [4.78, 5) is 10.7. The van der Waals surface area contributed by atoms with Gasteiger partial charge in [0.05, 0.1) is 12.6 Å². The van der Waals surface area contributed by atoms with Gasteiger partial charge < -0.3 is 4.52 Å². The molecule has 96 valence electrons. The van der Waals surface area contributed by atoms with E-state index in [-0.39, 0.29) is 6.04 Å². The van der Waals surface area contributed by atoms with E-state index in [1.54, 1.807) is 12.7 Å². The highest BCUT2D eigenvalue weighted by Crippen LogP contribution is 2.29. The third-order valence-corrected chi connectivity index (χ3v) is 3.29. The van der Waals surface area contributed by atoms with E-state index < -0.39 is 0 Å². The molecule has 1 fully saturated rings. The van der Waals surface area contributed by atoms with E-state index in [0.29, 0.717) is 5.89 Å². The predicted octanol–water partition coefficient (Wildman–Crippen LogP) is 0.807. The summed E-state index contributed by atoms with van der Waals surface area (Å²) in [6, 6.07) is 0.283. The van der Waals surface area contributed by atoms with Gasteiger partial charge in [0.2, 0.25) is 5.89 Å². The van der Waals surface area contributed by atoms with Crippen molar-refractivity contribution < 1.29 is 4.52 Å². The maximum atomic E-state index is 5.06. The minimum absolute atomic E-state index is 0.283. The van der Waals surface area contributed by atoms with Crippen LogP contribution < -0.4 is 0 Å². The Bertz CT molecular complexity index is 493. The molecule has 0 unspecified atom stereocenters. The predicted molar refractivity (Wildman–Crippen MR) is 62.6 cm³/mol. The number of nitrogens with zero attached hydrogens (tertiary/aromatic N) is 6. The molecule has 0 amide bonds. The van der Waals surface area contributed by atoms with Crippen molar-refractivity contribution in [2.45, 2.75) is 32.4 Å². The first-order valence-electron chi connectivity index (χ1n) is 6.19. The van der Waals surface area contributed by atoms with Crippen molar-refractivity contribution in [3.63, 3.8) is 0 Å². The average molecular weight is 248 g/mol. The van der Waals surface area contributed by atoms with E-state index in [4.69, 9.17) is 4.52 Å². The first-order valence-corrected chi connectivity index (χ1v) is 6.19. The van der Waals surface area contributed by atoms with E-state index in [9.17, 15) is 0 Å². The van der Waals surface area contributed by atoms with Gasteiger partial charge in [0, 0.05) is 13.5 Å². The second kappa shape index (κ2) is 4.85. The summed E-state index contributed by atoms with van der Waals surface area (Å²) in [6.07, 6.45) is 5.57. The van der Waals surface area contributed by atoms with Gasteiger partial charge in [0.25, 0.3) is 0 Å². The van der Waals surface area contributed by atoms with Crippen molar-refractivity contribution in [1.29, 1.82) is 0 Å². The highest BCUT2D eigenvalue weighted by molar-refractivity contribution is 4.97. The molecule has 0 radical (unpaired) electrons. The molecule has 1 atom stereocenters. The molecular formula is C11H16N6O. The zero-order chi connectivity index (χ0) is 12.4. The number of hydrogen-bond donors (Lipinski definition) is 0. The molecule has 7 nitrogen and oxygen atoms in total. The molecule has 3 rings (SSSR count). The van der Waals surface area contributed by atoms with Crippen molar-refractivity contribution >= 4 is 0 Å². The van der Waals surface area contributed by atoms with Crippen LogP contribution in [0.3, 0.4) is 0 Å². The van der Waals surface area contributed by atoms with Crippen LogP contribution in [-0.2, 0) is 6.54 Å². The Kier molecular flexibility index (Phi) is 3.06. The molecule has 0 N–H and O–H groups in total. The standard InChI is InChI=1S/C11H16N6O/c1-9-14-11(15-18-9)10-3-2-4-16(10)5-6-17-8-12-7-13-17/h7-8,10H,2-6H2,1H3/t10-/m1/s1. The highest BCUT2D eigenvalue weighted by Gasteiger charge is 2.29. The summed E-state index contributed by atoms with van der Waals surface area (Å²) in [5.41, 5.74) is 0. The van der Waals surface area contributed by atoms with Crippen molar-refractivity contribution in [2.24, 2.45) is 0 Å². The normalized spacial score (nSPS) is 20.6. The fourth-order valence-electron chi connectivity index (χ4n) is 2.42. The molecule has 0 spiro atoms. The summed E-state index contributed by atoms with van der Waals surface area (Å²) < 4.78 is 6.90. The second-order valence-corrected chi connectivity index (χ2v) is 4.52. The van der Waals surface area contributed by atoms with E-state index in [0.717, 1.165) is 31.9 Å². The molecule has 2 aromatic rings. The molecule has 3 heterocycles. The zero-order valence-electron chi connectivity index (χ0n) is 10.4. The first kappa shape index (κ1) is 11.3. The summed E-state index contributed by atoms with van der Waals surface area (Å²) in [5.74, 6) is 1.44. The second-order valence-electron chi connectivity index (χ2n) is 4.52. The lowest BCUT2D eigenvalue weighted by Crippen LogP contribution is -2.28. The lowest BCUT2D eigenvalue weighted by atomic mass is 10.2. The van der Waals surface area contributed by atoms with Gasteiger partial charge in [-0.05, 0) is 19.4 Å². The Morgan fingerprint density at radius 3 is 3.11 bits per heavy atom. The Balaban J connectivity index is 1.64. The van der Waals surface area contributed by atoms with Crippen LogP contribution in [0.25, 0.3) is 0 Å². The highest BCUT2D eigenvalue weighted by atomic mass is 16.5. The summed E-state index contributed by atoms with van der Waals surface area (Å²) in [5, 5.41) is 8.14. The van der Waals surface area contributed by atoms with Gasteiger partial charge in [0.15, 0.2) is 5.82 Å². The van der Waals surface area contributed by atoms with Crippen LogP contribution in [0.1, 0.15) is 30.6 Å². The fourth-order valence-corrected chi connectivity index (χ4v) is 2.42. The SMILES string of the molecule is Cc1nc([C@H]2CCCN2CCn2cncn2)no1. The third kappa shape index (κ3) is 2.26. The molecule has 2 aromatic heterocycles. The molecule has 18 heavy (non-hydrogen) atoms. The minimum atomic E-state index is 0.283. The quantitative estimate of drug-likeness (QED) is 0.797. The third-order valence-electron chi connectivity index (χ3n) is 3.29.